The number of nitrogens with zero attached hydrogens (tertiary/aromatic N) is 3. The van der Waals surface area contributed by atoms with Gasteiger partial charge < -0.3 is 11.1 Å². The van der Waals surface area contributed by atoms with Crippen molar-refractivity contribution in [2.75, 3.05) is 10.0 Å². The van der Waals surface area contributed by atoms with E-state index >= 15 is 0 Å². The van der Waals surface area contributed by atoms with E-state index in [-0.39, 0.29) is 11.4 Å². The number of anilines is 3. The number of nitrogens with one attached hydrogen (secondary N) is 3. The van der Waals surface area contributed by atoms with Gasteiger partial charge in [0, 0.05) is 23.6 Å². The van der Waals surface area contributed by atoms with Crippen molar-refractivity contribution in [3.8, 4) is 11.3 Å². The van der Waals surface area contributed by atoms with Gasteiger partial charge in [0.05, 0.1) is 16.6 Å². The van der Waals surface area contributed by atoms with Gasteiger partial charge in [-0.2, -0.15) is 5.10 Å². The molecule has 0 aliphatic carbocycles. The molecule has 11 heteroatoms. The minimum Gasteiger partial charge on any atom is -0.365 e. The Morgan fingerprint density at radius 2 is 1.83 bits per heavy atom. The molecule has 0 saturated carbocycles. The molecule has 3 aromatic rings. The maximum Gasteiger partial charge on any atom is 0.254 e. The van der Waals surface area contributed by atoms with E-state index in [1.807, 2.05) is 0 Å². The molecule has 0 atom stereocenters. The first-order chi connectivity index (χ1) is 13.6. The summed E-state index contributed by atoms with van der Waals surface area (Å²) in [6.07, 6.45) is 4.50. The first-order valence-corrected chi connectivity index (χ1v) is 10.1. The molecule has 0 saturated heterocycles. The molecule has 10 nitrogen and oxygen atoms in total. The summed E-state index contributed by atoms with van der Waals surface area (Å²) < 4.78 is 26.2. The predicted octanol–water partition coefficient (Wildman–Crippen LogP) is 2.25. The Labute approximate surface area is 168 Å². The van der Waals surface area contributed by atoms with E-state index < -0.39 is 20.7 Å². The number of hydrogen-bond acceptors (Lipinski definition) is 7. The maximum atomic E-state index is 12.3. The highest BCUT2D eigenvalue weighted by Crippen LogP contribution is 2.29. The van der Waals surface area contributed by atoms with Crippen LogP contribution in [0.25, 0.3) is 11.3 Å². The minimum absolute atomic E-state index is 0.152. The molecule has 3 rings (SSSR count). The lowest BCUT2D eigenvalue weighted by Gasteiger charge is -2.20. The lowest BCUT2D eigenvalue weighted by molar-refractivity contribution is 0.100. The fourth-order valence-corrected chi connectivity index (χ4v) is 3.13. The zero-order valence-corrected chi connectivity index (χ0v) is 16.9. The molecular formula is C18H21N7O3S. The van der Waals surface area contributed by atoms with Gasteiger partial charge in [0.2, 0.25) is 10.0 Å². The van der Waals surface area contributed by atoms with E-state index in [1.165, 1.54) is 18.6 Å². The highest BCUT2D eigenvalue weighted by molar-refractivity contribution is 7.94. The molecule has 5 N–H and O–H groups in total. The highest BCUT2D eigenvalue weighted by atomic mass is 32.2. The van der Waals surface area contributed by atoms with Crippen LogP contribution in [0.2, 0.25) is 0 Å². The number of aromatic amines is 1. The Morgan fingerprint density at radius 1 is 1.14 bits per heavy atom. The third kappa shape index (κ3) is 4.35. The van der Waals surface area contributed by atoms with Gasteiger partial charge in [-0.3, -0.25) is 19.6 Å². The standard InChI is InChI=1S/C18H21N7O3S/c1-18(2,3)29(27,28)25-12-6-4-11(5-7-12)15-14(16(19)26)17(24-23-15)22-13-10-20-8-9-21-13/h4-10,25H,1-3H3,(H2,19,26)(H2,21,22,23,24). The Balaban J connectivity index is 1.90. The number of amides is 1. The van der Waals surface area contributed by atoms with E-state index in [4.69, 9.17) is 5.73 Å². The topological polar surface area (TPSA) is 156 Å². The number of nitrogens with two attached hydrogens (primary N) is 1. The average Bonchev–Trinajstić information content (AvgIpc) is 3.06. The van der Waals surface area contributed by atoms with Crippen LogP contribution in [0.1, 0.15) is 31.1 Å². The molecule has 0 aliphatic heterocycles. The van der Waals surface area contributed by atoms with Crippen LogP contribution in [0.3, 0.4) is 0 Å². The SMILES string of the molecule is CC(C)(C)S(=O)(=O)Nc1ccc(-c2[nH]nc(Nc3cnccn3)c2C(N)=O)cc1. The first kappa shape index (κ1) is 20.3. The van der Waals surface area contributed by atoms with E-state index in [9.17, 15) is 13.2 Å². The van der Waals surface area contributed by atoms with Gasteiger partial charge in [-0.15, -0.1) is 0 Å². The molecule has 1 aromatic carbocycles. The quantitative estimate of drug-likeness (QED) is 0.481. The normalized spacial score (nSPS) is 11.8. The van der Waals surface area contributed by atoms with Crippen LogP contribution < -0.4 is 15.8 Å². The zero-order valence-electron chi connectivity index (χ0n) is 16.1. The third-order valence-corrected chi connectivity index (χ3v) is 6.17. The van der Waals surface area contributed by atoms with Crippen molar-refractivity contribution in [3.63, 3.8) is 0 Å². The summed E-state index contributed by atoms with van der Waals surface area (Å²) in [6, 6.07) is 6.51. The number of carbonyl (C=O) groups is 1. The summed E-state index contributed by atoms with van der Waals surface area (Å²) >= 11 is 0. The van der Waals surface area contributed by atoms with Gasteiger partial charge in [-0.25, -0.2) is 13.4 Å². The van der Waals surface area contributed by atoms with Gasteiger partial charge in [-0.1, -0.05) is 12.1 Å². The number of carbonyl (C=O) groups excluding carboxylic acids is 1. The summed E-state index contributed by atoms with van der Waals surface area (Å²) in [5, 5.41) is 9.79. The van der Waals surface area contributed by atoms with Crippen molar-refractivity contribution >= 4 is 33.3 Å². The summed E-state index contributed by atoms with van der Waals surface area (Å²) in [5.74, 6) is -0.0665. The minimum atomic E-state index is -3.55. The van der Waals surface area contributed by atoms with Crippen LogP contribution in [-0.4, -0.2) is 39.2 Å². The maximum absolute atomic E-state index is 12.3. The first-order valence-electron chi connectivity index (χ1n) is 8.62. The van der Waals surface area contributed by atoms with Gasteiger partial charge >= 0.3 is 0 Å². The molecule has 1 amide bonds. The van der Waals surface area contributed by atoms with Crippen LogP contribution >= 0.6 is 0 Å². The average molecular weight is 415 g/mol. The third-order valence-electron chi connectivity index (χ3n) is 4.05. The number of rotatable bonds is 6. The van der Waals surface area contributed by atoms with Crippen LogP contribution in [0.4, 0.5) is 17.3 Å². The summed E-state index contributed by atoms with van der Waals surface area (Å²) in [4.78, 5) is 20.0. The van der Waals surface area contributed by atoms with Crippen molar-refractivity contribution in [1.29, 1.82) is 0 Å². The smallest absolute Gasteiger partial charge is 0.254 e. The Kier molecular flexibility index (Phi) is 5.25. The summed E-state index contributed by atoms with van der Waals surface area (Å²) in [6.45, 7) is 4.83. The van der Waals surface area contributed by atoms with E-state index in [0.29, 0.717) is 22.8 Å². The van der Waals surface area contributed by atoms with E-state index in [2.05, 4.69) is 30.2 Å². The van der Waals surface area contributed by atoms with Crippen molar-refractivity contribution in [2.45, 2.75) is 25.5 Å². The van der Waals surface area contributed by atoms with Gasteiger partial charge in [-0.05, 0) is 32.9 Å². The van der Waals surface area contributed by atoms with Crippen LogP contribution in [0.5, 0.6) is 0 Å². The van der Waals surface area contributed by atoms with E-state index in [0.717, 1.165) is 0 Å². The second-order valence-corrected chi connectivity index (χ2v) is 9.63. The lowest BCUT2D eigenvalue weighted by atomic mass is 10.1. The predicted molar refractivity (Wildman–Crippen MR) is 110 cm³/mol. The number of aromatic nitrogens is 4. The van der Waals surface area contributed by atoms with Crippen LogP contribution in [0, 0.1) is 0 Å². The van der Waals surface area contributed by atoms with Crippen molar-refractivity contribution < 1.29 is 13.2 Å². The van der Waals surface area contributed by atoms with Gasteiger partial charge in [0.15, 0.2) is 5.82 Å². The monoisotopic (exact) mass is 415 g/mol. The number of benzene rings is 1. The van der Waals surface area contributed by atoms with Crippen LogP contribution in [-0.2, 0) is 10.0 Å². The second kappa shape index (κ2) is 7.51. The lowest BCUT2D eigenvalue weighted by Crippen LogP contribution is -2.33. The summed E-state index contributed by atoms with van der Waals surface area (Å²) in [5.41, 5.74) is 7.11. The Bertz CT molecular complexity index is 1120. The number of hydrogen-bond donors (Lipinski definition) is 4. The molecular weight excluding hydrogens is 394 g/mol. The van der Waals surface area contributed by atoms with Crippen molar-refractivity contribution in [1.82, 2.24) is 20.2 Å². The number of H-pyrrole nitrogens is 1. The van der Waals surface area contributed by atoms with Gasteiger partial charge in [0.1, 0.15) is 11.4 Å². The number of primary amides is 1. The fraction of sp³-hybridized carbons (Fsp3) is 0.222. The summed E-state index contributed by atoms with van der Waals surface area (Å²) in [7, 11) is -3.55. The van der Waals surface area contributed by atoms with E-state index in [1.54, 1.807) is 45.0 Å². The van der Waals surface area contributed by atoms with Crippen molar-refractivity contribution in [2.24, 2.45) is 5.73 Å². The highest BCUT2D eigenvalue weighted by Gasteiger charge is 2.29. The second-order valence-electron chi connectivity index (χ2n) is 7.20. The molecule has 29 heavy (non-hydrogen) atoms. The fourth-order valence-electron chi connectivity index (χ4n) is 2.38. The van der Waals surface area contributed by atoms with Gasteiger partial charge in [0.25, 0.3) is 5.91 Å². The van der Waals surface area contributed by atoms with Crippen molar-refractivity contribution in [3.05, 3.63) is 48.4 Å². The Hall–Kier alpha value is -3.47. The Morgan fingerprint density at radius 3 is 2.38 bits per heavy atom. The van der Waals surface area contributed by atoms with Crippen LogP contribution in [0.15, 0.2) is 42.9 Å². The molecule has 0 bridgehead atoms. The molecule has 2 aromatic heterocycles. The molecule has 2 heterocycles. The zero-order chi connectivity index (χ0) is 21.2. The molecule has 152 valence electrons. The molecule has 0 spiro atoms. The molecule has 0 unspecified atom stereocenters. The number of sulfonamides is 1. The molecule has 0 radical (unpaired) electrons. The molecule has 0 fully saturated rings. The largest absolute Gasteiger partial charge is 0.365 e. The molecule has 0 aliphatic rings.